The van der Waals surface area contributed by atoms with E-state index in [0.717, 1.165) is 29.8 Å². The van der Waals surface area contributed by atoms with Crippen LogP contribution in [0.15, 0.2) is 41.1 Å². The summed E-state index contributed by atoms with van der Waals surface area (Å²) in [6.07, 6.45) is 5.04. The molecule has 102 valence electrons. The van der Waals surface area contributed by atoms with Crippen molar-refractivity contribution in [3.8, 4) is 0 Å². The summed E-state index contributed by atoms with van der Waals surface area (Å²) >= 11 is 3.59. The Morgan fingerprint density at radius 2 is 2.16 bits per heavy atom. The summed E-state index contributed by atoms with van der Waals surface area (Å²) in [6.45, 7) is 6.17. The Balaban J connectivity index is 1.98. The standard InChI is InChI=1S/C15H20BrN3/c1-3-9-19-10-8-17-15(19)11-18-12(2)13-6-4-5-7-14(13)16/h4-8,10,12,18H,3,9,11H2,1-2H3/t12-/m0/s1. The molecule has 0 saturated carbocycles. The van der Waals surface area contributed by atoms with Crippen LogP contribution in [0.25, 0.3) is 0 Å². The Labute approximate surface area is 123 Å². The number of aromatic nitrogens is 2. The Kier molecular flexibility index (Phi) is 5.16. The minimum absolute atomic E-state index is 0.294. The van der Waals surface area contributed by atoms with Crippen LogP contribution in [-0.4, -0.2) is 9.55 Å². The van der Waals surface area contributed by atoms with Crippen molar-refractivity contribution >= 4 is 15.9 Å². The molecule has 19 heavy (non-hydrogen) atoms. The van der Waals surface area contributed by atoms with Crippen molar-refractivity contribution in [1.29, 1.82) is 0 Å². The summed E-state index contributed by atoms with van der Waals surface area (Å²) in [5.74, 6) is 1.10. The Morgan fingerprint density at radius 3 is 2.89 bits per heavy atom. The first kappa shape index (κ1) is 14.3. The highest BCUT2D eigenvalue weighted by Crippen LogP contribution is 2.22. The number of imidazole rings is 1. The average molecular weight is 322 g/mol. The smallest absolute Gasteiger partial charge is 0.122 e. The predicted octanol–water partition coefficient (Wildman–Crippen LogP) is 3.91. The highest BCUT2D eigenvalue weighted by Gasteiger charge is 2.09. The molecule has 1 aromatic carbocycles. The van der Waals surface area contributed by atoms with Crippen LogP contribution in [0.4, 0.5) is 0 Å². The van der Waals surface area contributed by atoms with Gasteiger partial charge in [0.25, 0.3) is 0 Å². The van der Waals surface area contributed by atoms with Crippen LogP contribution in [-0.2, 0) is 13.1 Å². The fraction of sp³-hybridized carbons (Fsp3) is 0.400. The van der Waals surface area contributed by atoms with Crippen molar-refractivity contribution in [3.05, 3.63) is 52.5 Å². The van der Waals surface area contributed by atoms with Crippen LogP contribution in [0.3, 0.4) is 0 Å². The van der Waals surface area contributed by atoms with Crippen molar-refractivity contribution in [3.63, 3.8) is 0 Å². The largest absolute Gasteiger partial charge is 0.334 e. The minimum Gasteiger partial charge on any atom is -0.334 e. The molecular formula is C15H20BrN3. The van der Waals surface area contributed by atoms with E-state index in [2.05, 4.69) is 62.8 Å². The lowest BCUT2D eigenvalue weighted by Crippen LogP contribution is -2.21. The van der Waals surface area contributed by atoms with E-state index < -0.39 is 0 Å². The zero-order valence-electron chi connectivity index (χ0n) is 11.4. The lowest BCUT2D eigenvalue weighted by molar-refractivity contribution is 0.531. The molecule has 3 nitrogen and oxygen atoms in total. The number of nitrogens with one attached hydrogen (secondary N) is 1. The molecule has 2 aromatic rings. The van der Waals surface area contributed by atoms with E-state index in [1.807, 2.05) is 18.5 Å². The highest BCUT2D eigenvalue weighted by atomic mass is 79.9. The molecule has 0 fully saturated rings. The van der Waals surface area contributed by atoms with Crippen molar-refractivity contribution in [2.24, 2.45) is 0 Å². The molecule has 1 aromatic heterocycles. The summed E-state index contributed by atoms with van der Waals surface area (Å²) in [5.41, 5.74) is 1.27. The van der Waals surface area contributed by atoms with Gasteiger partial charge in [0.05, 0.1) is 6.54 Å². The van der Waals surface area contributed by atoms with Gasteiger partial charge in [0.2, 0.25) is 0 Å². The third-order valence-corrected chi connectivity index (χ3v) is 3.93. The van der Waals surface area contributed by atoms with Crippen LogP contribution in [0.2, 0.25) is 0 Å². The Bertz CT molecular complexity index is 522. The van der Waals surface area contributed by atoms with Crippen LogP contribution in [0, 0.1) is 0 Å². The first-order valence-corrected chi connectivity index (χ1v) is 7.49. The number of halogens is 1. The van der Waals surface area contributed by atoms with E-state index >= 15 is 0 Å². The molecule has 0 aliphatic carbocycles. The van der Waals surface area contributed by atoms with Crippen LogP contribution in [0.1, 0.15) is 37.7 Å². The second-order valence-electron chi connectivity index (χ2n) is 4.66. The summed E-state index contributed by atoms with van der Waals surface area (Å²) in [4.78, 5) is 4.41. The van der Waals surface area contributed by atoms with Gasteiger partial charge in [-0.1, -0.05) is 41.1 Å². The Morgan fingerprint density at radius 1 is 1.37 bits per heavy atom. The van der Waals surface area contributed by atoms with Gasteiger partial charge < -0.3 is 9.88 Å². The first-order chi connectivity index (χ1) is 9.22. The van der Waals surface area contributed by atoms with Gasteiger partial charge in [-0.25, -0.2) is 4.98 Å². The molecule has 2 rings (SSSR count). The predicted molar refractivity (Wildman–Crippen MR) is 81.9 cm³/mol. The minimum atomic E-state index is 0.294. The van der Waals surface area contributed by atoms with Gasteiger partial charge in [0, 0.05) is 29.5 Å². The fourth-order valence-corrected chi connectivity index (χ4v) is 2.76. The maximum absolute atomic E-state index is 4.41. The van der Waals surface area contributed by atoms with Gasteiger partial charge in [0.15, 0.2) is 0 Å². The van der Waals surface area contributed by atoms with Gasteiger partial charge in [-0.2, -0.15) is 0 Å². The van der Waals surface area contributed by atoms with Crippen molar-refractivity contribution < 1.29 is 0 Å². The molecule has 1 N–H and O–H groups in total. The molecule has 0 aliphatic rings. The number of rotatable bonds is 6. The second-order valence-corrected chi connectivity index (χ2v) is 5.52. The molecule has 4 heteroatoms. The Hall–Kier alpha value is -1.13. The van der Waals surface area contributed by atoms with Gasteiger partial charge in [0.1, 0.15) is 5.82 Å². The van der Waals surface area contributed by atoms with E-state index in [-0.39, 0.29) is 0 Å². The highest BCUT2D eigenvalue weighted by molar-refractivity contribution is 9.10. The monoisotopic (exact) mass is 321 g/mol. The van der Waals surface area contributed by atoms with Gasteiger partial charge >= 0.3 is 0 Å². The van der Waals surface area contributed by atoms with Crippen molar-refractivity contribution in [2.75, 3.05) is 0 Å². The maximum atomic E-state index is 4.41. The van der Waals surface area contributed by atoms with Crippen LogP contribution in [0.5, 0.6) is 0 Å². The third-order valence-electron chi connectivity index (χ3n) is 3.20. The number of aryl methyl sites for hydroxylation is 1. The average Bonchev–Trinajstić information content (AvgIpc) is 2.84. The fourth-order valence-electron chi connectivity index (χ4n) is 2.13. The zero-order valence-corrected chi connectivity index (χ0v) is 13.0. The summed E-state index contributed by atoms with van der Waals surface area (Å²) in [6, 6.07) is 8.61. The molecule has 0 unspecified atom stereocenters. The first-order valence-electron chi connectivity index (χ1n) is 6.70. The van der Waals surface area contributed by atoms with E-state index in [0.29, 0.717) is 6.04 Å². The molecule has 1 atom stereocenters. The molecule has 0 saturated heterocycles. The summed E-state index contributed by atoms with van der Waals surface area (Å²) in [5, 5.41) is 3.53. The van der Waals surface area contributed by atoms with Gasteiger partial charge in [-0.15, -0.1) is 0 Å². The molecule has 0 radical (unpaired) electrons. The van der Waals surface area contributed by atoms with Gasteiger partial charge in [-0.05, 0) is 25.0 Å². The maximum Gasteiger partial charge on any atom is 0.122 e. The topological polar surface area (TPSA) is 29.9 Å². The molecule has 0 bridgehead atoms. The molecular weight excluding hydrogens is 302 g/mol. The van der Waals surface area contributed by atoms with Gasteiger partial charge in [-0.3, -0.25) is 0 Å². The number of nitrogens with zero attached hydrogens (tertiary/aromatic N) is 2. The van der Waals surface area contributed by atoms with E-state index in [1.54, 1.807) is 0 Å². The molecule has 0 amide bonds. The van der Waals surface area contributed by atoms with Crippen LogP contribution >= 0.6 is 15.9 Å². The number of hydrogen-bond donors (Lipinski definition) is 1. The molecule has 1 heterocycles. The van der Waals surface area contributed by atoms with E-state index in [1.165, 1.54) is 5.56 Å². The molecule has 0 aliphatic heterocycles. The van der Waals surface area contributed by atoms with E-state index in [4.69, 9.17) is 0 Å². The third kappa shape index (κ3) is 3.67. The van der Waals surface area contributed by atoms with Crippen molar-refractivity contribution in [2.45, 2.75) is 39.4 Å². The number of hydrogen-bond acceptors (Lipinski definition) is 2. The SMILES string of the molecule is CCCn1ccnc1CN[C@@H](C)c1ccccc1Br. The normalized spacial score (nSPS) is 12.6. The summed E-state index contributed by atoms with van der Waals surface area (Å²) in [7, 11) is 0. The van der Waals surface area contributed by atoms with E-state index in [9.17, 15) is 0 Å². The number of benzene rings is 1. The zero-order chi connectivity index (χ0) is 13.7. The lowest BCUT2D eigenvalue weighted by atomic mass is 10.1. The van der Waals surface area contributed by atoms with Crippen LogP contribution < -0.4 is 5.32 Å². The quantitative estimate of drug-likeness (QED) is 0.874. The lowest BCUT2D eigenvalue weighted by Gasteiger charge is -2.16. The molecule has 0 spiro atoms. The summed E-state index contributed by atoms with van der Waals surface area (Å²) < 4.78 is 3.35. The van der Waals surface area contributed by atoms with Crippen molar-refractivity contribution in [1.82, 2.24) is 14.9 Å². The second kappa shape index (κ2) is 6.87.